The highest BCUT2D eigenvalue weighted by molar-refractivity contribution is 9.10. The summed E-state index contributed by atoms with van der Waals surface area (Å²) in [4.78, 5) is 11.7. The molecular formula is C14H20BrNO3. The third kappa shape index (κ3) is 4.74. The predicted molar refractivity (Wildman–Crippen MR) is 79.3 cm³/mol. The molecule has 0 aromatic heterocycles. The molecule has 0 saturated carbocycles. The number of hydrogen-bond donors (Lipinski definition) is 1. The summed E-state index contributed by atoms with van der Waals surface area (Å²) in [6.45, 7) is 4.22. The molecule has 19 heavy (non-hydrogen) atoms. The molecule has 1 rings (SSSR count). The molecule has 0 radical (unpaired) electrons. The van der Waals surface area contributed by atoms with E-state index in [-0.39, 0.29) is 5.91 Å². The molecule has 0 heterocycles. The van der Waals surface area contributed by atoms with Gasteiger partial charge in [-0.2, -0.15) is 0 Å². The number of ether oxygens (including phenoxy) is 2. The number of hydrogen-bond acceptors (Lipinski definition) is 3. The molecule has 0 aliphatic carbocycles. The van der Waals surface area contributed by atoms with E-state index in [0.717, 1.165) is 12.0 Å². The van der Waals surface area contributed by atoms with Gasteiger partial charge in [0.05, 0.1) is 18.5 Å². The molecule has 0 fully saturated rings. The second kappa shape index (κ2) is 6.80. The summed E-state index contributed by atoms with van der Waals surface area (Å²) in [6, 6.07) is 5.75. The minimum Gasteiger partial charge on any atom is -0.493 e. The van der Waals surface area contributed by atoms with Gasteiger partial charge in [0.15, 0.2) is 11.5 Å². The van der Waals surface area contributed by atoms with E-state index in [4.69, 9.17) is 9.47 Å². The Morgan fingerprint density at radius 2 is 1.89 bits per heavy atom. The first-order chi connectivity index (χ1) is 8.88. The maximum Gasteiger partial charge on any atom is 0.236 e. The van der Waals surface area contributed by atoms with Gasteiger partial charge in [-0.15, -0.1) is 0 Å². The van der Waals surface area contributed by atoms with E-state index in [0.29, 0.717) is 18.0 Å². The monoisotopic (exact) mass is 329 g/mol. The number of rotatable bonds is 6. The number of nitrogens with one attached hydrogen (secondary N) is 1. The summed E-state index contributed by atoms with van der Waals surface area (Å²) in [7, 11) is 3.21. The lowest BCUT2D eigenvalue weighted by Gasteiger charge is -2.16. The second-order valence-electron chi connectivity index (χ2n) is 4.67. The van der Waals surface area contributed by atoms with E-state index >= 15 is 0 Å². The van der Waals surface area contributed by atoms with Gasteiger partial charge in [0.1, 0.15) is 0 Å². The minimum absolute atomic E-state index is 0.0204. The molecule has 1 N–H and O–H groups in total. The summed E-state index contributed by atoms with van der Waals surface area (Å²) in [5.41, 5.74) is 1.09. The van der Waals surface area contributed by atoms with E-state index in [1.807, 2.05) is 32.0 Å². The van der Waals surface area contributed by atoms with Crippen LogP contribution in [0.15, 0.2) is 18.2 Å². The summed E-state index contributed by atoms with van der Waals surface area (Å²) < 4.78 is 9.88. The number of benzene rings is 1. The van der Waals surface area contributed by atoms with Crippen molar-refractivity contribution in [3.63, 3.8) is 0 Å². The Kier molecular flexibility index (Phi) is 5.66. The smallest absolute Gasteiger partial charge is 0.236 e. The van der Waals surface area contributed by atoms with Crippen LogP contribution in [-0.2, 0) is 11.2 Å². The summed E-state index contributed by atoms with van der Waals surface area (Å²) in [6.07, 6.45) is 0.745. The molecule has 0 aliphatic rings. The van der Waals surface area contributed by atoms with E-state index in [1.165, 1.54) is 0 Å². The lowest BCUT2D eigenvalue weighted by atomic mass is 10.1. The molecule has 0 saturated heterocycles. The molecule has 4 nitrogen and oxygen atoms in total. The molecule has 0 aliphatic heterocycles. The highest BCUT2D eigenvalue weighted by Crippen LogP contribution is 2.27. The number of carbonyl (C=O) groups excluding carboxylic acids is 1. The van der Waals surface area contributed by atoms with Crippen LogP contribution in [0, 0.1) is 0 Å². The minimum atomic E-state index is -0.537. The van der Waals surface area contributed by atoms with Gasteiger partial charge in [0, 0.05) is 6.54 Å². The average molecular weight is 330 g/mol. The molecule has 106 valence electrons. The topological polar surface area (TPSA) is 47.6 Å². The van der Waals surface area contributed by atoms with Crippen LogP contribution >= 0.6 is 15.9 Å². The van der Waals surface area contributed by atoms with Crippen molar-refractivity contribution in [1.82, 2.24) is 5.32 Å². The largest absolute Gasteiger partial charge is 0.493 e. The highest BCUT2D eigenvalue weighted by Gasteiger charge is 2.22. The molecule has 0 unspecified atom stereocenters. The van der Waals surface area contributed by atoms with Crippen LogP contribution in [-0.4, -0.2) is 31.0 Å². The molecule has 1 amide bonds. The van der Waals surface area contributed by atoms with E-state index in [9.17, 15) is 4.79 Å². The van der Waals surface area contributed by atoms with Gasteiger partial charge in [-0.25, -0.2) is 0 Å². The van der Waals surface area contributed by atoms with Gasteiger partial charge in [-0.3, -0.25) is 4.79 Å². The zero-order chi connectivity index (χ0) is 14.5. The van der Waals surface area contributed by atoms with E-state index < -0.39 is 4.32 Å². The van der Waals surface area contributed by atoms with Crippen molar-refractivity contribution in [2.75, 3.05) is 20.8 Å². The molecule has 0 spiro atoms. The van der Waals surface area contributed by atoms with Crippen molar-refractivity contribution in [1.29, 1.82) is 0 Å². The van der Waals surface area contributed by atoms with Crippen molar-refractivity contribution in [3.8, 4) is 11.5 Å². The van der Waals surface area contributed by atoms with Crippen molar-refractivity contribution < 1.29 is 14.3 Å². The van der Waals surface area contributed by atoms with Crippen molar-refractivity contribution in [3.05, 3.63) is 23.8 Å². The zero-order valence-electron chi connectivity index (χ0n) is 11.7. The first-order valence-corrected chi connectivity index (χ1v) is 6.86. The standard InChI is InChI=1S/C14H20BrNO3/c1-14(2,15)13(17)16-8-7-10-5-6-11(18-3)12(9-10)19-4/h5-6,9H,7-8H2,1-4H3,(H,16,17). The van der Waals surface area contributed by atoms with Gasteiger partial charge in [0.25, 0.3) is 0 Å². The lowest BCUT2D eigenvalue weighted by molar-refractivity contribution is -0.122. The van der Waals surface area contributed by atoms with Gasteiger partial charge >= 0.3 is 0 Å². The normalized spacial score (nSPS) is 11.0. The van der Waals surface area contributed by atoms with Crippen LogP contribution in [0.1, 0.15) is 19.4 Å². The summed E-state index contributed by atoms with van der Waals surface area (Å²) in [5.74, 6) is 1.39. The van der Waals surface area contributed by atoms with Crippen molar-refractivity contribution >= 4 is 21.8 Å². The number of alkyl halides is 1. The number of halogens is 1. The van der Waals surface area contributed by atoms with Crippen molar-refractivity contribution in [2.24, 2.45) is 0 Å². The highest BCUT2D eigenvalue weighted by atomic mass is 79.9. The van der Waals surface area contributed by atoms with Gasteiger partial charge < -0.3 is 14.8 Å². The van der Waals surface area contributed by atoms with Gasteiger partial charge in [-0.1, -0.05) is 22.0 Å². The first kappa shape index (κ1) is 15.8. The predicted octanol–water partition coefficient (Wildman–Crippen LogP) is 2.54. The number of amides is 1. The average Bonchev–Trinajstić information content (AvgIpc) is 2.37. The fourth-order valence-electron chi connectivity index (χ4n) is 1.57. The van der Waals surface area contributed by atoms with E-state index in [2.05, 4.69) is 21.2 Å². The molecule has 5 heteroatoms. The maximum absolute atomic E-state index is 11.7. The number of methoxy groups -OCH3 is 2. The Balaban J connectivity index is 2.57. The zero-order valence-corrected chi connectivity index (χ0v) is 13.3. The Morgan fingerprint density at radius 1 is 1.26 bits per heavy atom. The van der Waals surface area contributed by atoms with Crippen LogP contribution < -0.4 is 14.8 Å². The first-order valence-electron chi connectivity index (χ1n) is 6.06. The van der Waals surface area contributed by atoms with Crippen LogP contribution in [0.5, 0.6) is 11.5 Å². The molecule has 1 aromatic carbocycles. The molecular weight excluding hydrogens is 310 g/mol. The summed E-state index contributed by atoms with van der Waals surface area (Å²) in [5, 5.41) is 2.88. The quantitative estimate of drug-likeness (QED) is 0.816. The fourth-order valence-corrected chi connectivity index (χ4v) is 1.71. The summed E-state index contributed by atoms with van der Waals surface area (Å²) >= 11 is 3.32. The van der Waals surface area contributed by atoms with Crippen LogP contribution in [0.25, 0.3) is 0 Å². The van der Waals surface area contributed by atoms with Gasteiger partial charge in [0.2, 0.25) is 5.91 Å². The molecule has 0 bridgehead atoms. The lowest BCUT2D eigenvalue weighted by Crippen LogP contribution is -2.38. The van der Waals surface area contributed by atoms with Crippen LogP contribution in [0.4, 0.5) is 0 Å². The molecule has 1 aromatic rings. The van der Waals surface area contributed by atoms with Crippen LogP contribution in [0.2, 0.25) is 0 Å². The van der Waals surface area contributed by atoms with Crippen molar-refractivity contribution in [2.45, 2.75) is 24.6 Å². The third-order valence-corrected chi connectivity index (χ3v) is 3.05. The second-order valence-corrected chi connectivity index (χ2v) is 6.65. The fraction of sp³-hybridized carbons (Fsp3) is 0.500. The van der Waals surface area contributed by atoms with Gasteiger partial charge in [-0.05, 0) is 38.0 Å². The SMILES string of the molecule is COc1ccc(CCNC(=O)C(C)(C)Br)cc1OC. The molecule has 0 atom stereocenters. The Bertz CT molecular complexity index is 441. The number of carbonyl (C=O) groups is 1. The Morgan fingerprint density at radius 3 is 2.42 bits per heavy atom. The maximum atomic E-state index is 11.7. The Hall–Kier alpha value is -1.23. The third-order valence-electron chi connectivity index (χ3n) is 2.69. The Labute approximate surface area is 122 Å². The van der Waals surface area contributed by atoms with E-state index in [1.54, 1.807) is 14.2 Å². The van der Waals surface area contributed by atoms with Crippen LogP contribution in [0.3, 0.4) is 0 Å².